The first-order valence-corrected chi connectivity index (χ1v) is 5.13. The minimum absolute atomic E-state index is 0.222. The molecule has 0 spiro atoms. The van der Waals surface area contributed by atoms with E-state index in [9.17, 15) is 5.11 Å². The summed E-state index contributed by atoms with van der Waals surface area (Å²) in [6.45, 7) is 2.71. The molecule has 14 heavy (non-hydrogen) atoms. The zero-order valence-electron chi connectivity index (χ0n) is 8.20. The molecule has 1 aromatic rings. The van der Waals surface area contributed by atoms with Crippen molar-refractivity contribution in [2.75, 3.05) is 11.9 Å². The molecule has 0 aromatic carbocycles. The highest BCUT2D eigenvalue weighted by Gasteiger charge is 1.99. The van der Waals surface area contributed by atoms with E-state index in [-0.39, 0.29) is 6.10 Å². The maximum atomic E-state index is 9.31. The van der Waals surface area contributed by atoms with Gasteiger partial charge in [0.05, 0.1) is 6.10 Å². The molecule has 1 atom stereocenters. The van der Waals surface area contributed by atoms with E-state index in [0.717, 1.165) is 25.1 Å². The van der Waals surface area contributed by atoms with Crippen molar-refractivity contribution in [1.29, 1.82) is 0 Å². The lowest BCUT2D eigenvalue weighted by Crippen LogP contribution is -2.12. The molecule has 0 saturated carbocycles. The quantitative estimate of drug-likeness (QED) is 0.740. The van der Waals surface area contributed by atoms with Gasteiger partial charge in [0, 0.05) is 18.4 Å². The molecular formula is C10H15ClN2O. The number of rotatable bonds is 5. The average Bonchev–Trinajstić information content (AvgIpc) is 2.17. The number of aliphatic hydroxyl groups excluding tert-OH is 1. The summed E-state index contributed by atoms with van der Waals surface area (Å²) in [6, 6.07) is 3.62. The van der Waals surface area contributed by atoms with Crippen LogP contribution < -0.4 is 5.32 Å². The number of hydrogen-bond donors (Lipinski definition) is 2. The van der Waals surface area contributed by atoms with E-state index < -0.39 is 0 Å². The third kappa shape index (κ3) is 3.94. The van der Waals surface area contributed by atoms with Crippen LogP contribution in [0.3, 0.4) is 0 Å². The van der Waals surface area contributed by atoms with E-state index in [4.69, 9.17) is 11.6 Å². The minimum Gasteiger partial charge on any atom is -0.393 e. The van der Waals surface area contributed by atoms with Gasteiger partial charge in [0.15, 0.2) is 0 Å². The molecule has 3 nitrogen and oxygen atoms in total. The van der Waals surface area contributed by atoms with Crippen molar-refractivity contribution < 1.29 is 5.11 Å². The number of aromatic nitrogens is 1. The van der Waals surface area contributed by atoms with Crippen molar-refractivity contribution >= 4 is 17.3 Å². The lowest BCUT2D eigenvalue weighted by molar-refractivity contribution is 0.164. The van der Waals surface area contributed by atoms with Crippen LogP contribution in [0.25, 0.3) is 0 Å². The van der Waals surface area contributed by atoms with Crippen LogP contribution in [0.15, 0.2) is 18.3 Å². The molecule has 0 aliphatic carbocycles. The van der Waals surface area contributed by atoms with Crippen LogP contribution in [0.2, 0.25) is 5.15 Å². The average molecular weight is 215 g/mol. The van der Waals surface area contributed by atoms with Gasteiger partial charge in [-0.2, -0.15) is 0 Å². The lowest BCUT2D eigenvalue weighted by Gasteiger charge is -2.09. The van der Waals surface area contributed by atoms with E-state index in [1.54, 1.807) is 12.3 Å². The molecular weight excluding hydrogens is 200 g/mol. The third-order valence-corrected chi connectivity index (χ3v) is 2.21. The standard InChI is InChI=1S/C10H15ClN2O/c1-2-9(14)4-6-12-8-3-5-13-10(11)7-8/h3,5,7,9,14H,2,4,6H2,1H3,(H,12,13). The van der Waals surface area contributed by atoms with Gasteiger partial charge < -0.3 is 10.4 Å². The van der Waals surface area contributed by atoms with Crippen LogP contribution in [0.4, 0.5) is 5.69 Å². The predicted octanol–water partition coefficient (Wildman–Crippen LogP) is 2.31. The Balaban J connectivity index is 2.31. The van der Waals surface area contributed by atoms with Crippen LogP contribution in [0.5, 0.6) is 0 Å². The number of nitrogens with one attached hydrogen (secondary N) is 1. The van der Waals surface area contributed by atoms with E-state index in [0.29, 0.717) is 5.15 Å². The topological polar surface area (TPSA) is 45.1 Å². The van der Waals surface area contributed by atoms with Crippen molar-refractivity contribution in [2.24, 2.45) is 0 Å². The summed E-state index contributed by atoms with van der Waals surface area (Å²) in [6.07, 6.45) is 2.97. The van der Waals surface area contributed by atoms with Gasteiger partial charge in [0.2, 0.25) is 0 Å². The Morgan fingerprint density at radius 2 is 2.43 bits per heavy atom. The highest BCUT2D eigenvalue weighted by atomic mass is 35.5. The van der Waals surface area contributed by atoms with Crippen LogP contribution >= 0.6 is 11.6 Å². The SMILES string of the molecule is CCC(O)CCNc1ccnc(Cl)c1. The van der Waals surface area contributed by atoms with Gasteiger partial charge in [-0.1, -0.05) is 18.5 Å². The molecule has 0 radical (unpaired) electrons. The van der Waals surface area contributed by atoms with Gasteiger partial charge in [0.1, 0.15) is 5.15 Å². The Kier molecular flexibility index (Phi) is 4.70. The Morgan fingerprint density at radius 3 is 3.07 bits per heavy atom. The number of halogens is 1. The first-order chi connectivity index (χ1) is 6.72. The molecule has 1 heterocycles. The molecule has 1 unspecified atom stereocenters. The molecule has 1 rings (SSSR count). The van der Waals surface area contributed by atoms with Crippen LogP contribution in [-0.4, -0.2) is 22.7 Å². The van der Waals surface area contributed by atoms with Crippen LogP contribution in [0.1, 0.15) is 19.8 Å². The molecule has 0 saturated heterocycles. The molecule has 0 aliphatic heterocycles. The Bertz CT molecular complexity index is 281. The fourth-order valence-corrected chi connectivity index (χ4v) is 1.27. The monoisotopic (exact) mass is 214 g/mol. The molecule has 0 aliphatic rings. The second kappa shape index (κ2) is 5.83. The summed E-state index contributed by atoms with van der Waals surface area (Å²) in [5.41, 5.74) is 0.938. The van der Waals surface area contributed by atoms with Gasteiger partial charge in [-0.3, -0.25) is 0 Å². The van der Waals surface area contributed by atoms with Crippen LogP contribution in [0, 0.1) is 0 Å². The Hall–Kier alpha value is -0.800. The maximum absolute atomic E-state index is 9.31. The third-order valence-electron chi connectivity index (χ3n) is 2.00. The summed E-state index contributed by atoms with van der Waals surface area (Å²) < 4.78 is 0. The first kappa shape index (κ1) is 11.3. The predicted molar refractivity (Wildman–Crippen MR) is 58.7 cm³/mol. The minimum atomic E-state index is -0.222. The number of anilines is 1. The highest BCUT2D eigenvalue weighted by molar-refractivity contribution is 6.29. The summed E-state index contributed by atoms with van der Waals surface area (Å²) in [7, 11) is 0. The maximum Gasteiger partial charge on any atom is 0.131 e. The second-order valence-corrected chi connectivity index (χ2v) is 3.53. The molecule has 2 N–H and O–H groups in total. The van der Waals surface area contributed by atoms with Crippen molar-refractivity contribution in [3.63, 3.8) is 0 Å². The zero-order chi connectivity index (χ0) is 10.4. The molecule has 0 bridgehead atoms. The van der Waals surface area contributed by atoms with Gasteiger partial charge in [0.25, 0.3) is 0 Å². The lowest BCUT2D eigenvalue weighted by atomic mass is 10.2. The van der Waals surface area contributed by atoms with Gasteiger partial charge >= 0.3 is 0 Å². The zero-order valence-corrected chi connectivity index (χ0v) is 8.96. The normalized spacial score (nSPS) is 12.5. The van der Waals surface area contributed by atoms with E-state index in [2.05, 4.69) is 10.3 Å². The van der Waals surface area contributed by atoms with E-state index in [1.165, 1.54) is 0 Å². The Morgan fingerprint density at radius 1 is 1.64 bits per heavy atom. The molecule has 1 aromatic heterocycles. The van der Waals surface area contributed by atoms with Crippen molar-refractivity contribution in [1.82, 2.24) is 4.98 Å². The van der Waals surface area contributed by atoms with Crippen molar-refractivity contribution in [2.45, 2.75) is 25.9 Å². The highest BCUT2D eigenvalue weighted by Crippen LogP contribution is 2.11. The van der Waals surface area contributed by atoms with E-state index in [1.807, 2.05) is 13.0 Å². The summed E-state index contributed by atoms with van der Waals surface area (Å²) in [4.78, 5) is 3.88. The fraction of sp³-hybridized carbons (Fsp3) is 0.500. The van der Waals surface area contributed by atoms with E-state index >= 15 is 0 Å². The summed E-state index contributed by atoms with van der Waals surface area (Å²) >= 11 is 5.71. The first-order valence-electron chi connectivity index (χ1n) is 4.76. The summed E-state index contributed by atoms with van der Waals surface area (Å²) in [5, 5.41) is 13.0. The molecule has 0 amide bonds. The van der Waals surface area contributed by atoms with Gasteiger partial charge in [-0.25, -0.2) is 4.98 Å². The molecule has 78 valence electrons. The molecule has 0 fully saturated rings. The number of hydrogen-bond acceptors (Lipinski definition) is 3. The van der Waals surface area contributed by atoms with Crippen LogP contribution in [-0.2, 0) is 0 Å². The number of pyridine rings is 1. The smallest absolute Gasteiger partial charge is 0.131 e. The summed E-state index contributed by atoms with van der Waals surface area (Å²) in [5.74, 6) is 0. The largest absolute Gasteiger partial charge is 0.393 e. The molecule has 4 heteroatoms. The number of aliphatic hydroxyl groups is 1. The fourth-order valence-electron chi connectivity index (χ4n) is 1.10. The van der Waals surface area contributed by atoms with Crippen molar-refractivity contribution in [3.8, 4) is 0 Å². The van der Waals surface area contributed by atoms with Gasteiger partial charge in [-0.15, -0.1) is 0 Å². The van der Waals surface area contributed by atoms with Gasteiger partial charge in [-0.05, 0) is 25.0 Å². The second-order valence-electron chi connectivity index (χ2n) is 3.14. The Labute approximate surface area is 89.1 Å². The number of nitrogens with zero attached hydrogens (tertiary/aromatic N) is 1. The van der Waals surface area contributed by atoms with Crippen molar-refractivity contribution in [3.05, 3.63) is 23.5 Å².